The fourth-order valence-electron chi connectivity index (χ4n) is 0.366. The molecule has 54 valence electrons. The zero-order valence-corrected chi connectivity index (χ0v) is 5.74. The van der Waals surface area contributed by atoms with Gasteiger partial charge < -0.3 is 5.32 Å². The molecule has 0 aliphatic heterocycles. The average molecular weight is 139 g/mol. The number of carbonyl (C=O) groups excluding carboxylic acids is 1. The Morgan fingerprint density at radius 1 is 1.70 bits per heavy atom. The number of nitrogens with zero attached hydrogens (tertiary/aromatic N) is 2. The molecule has 0 aliphatic rings. The predicted octanol–water partition coefficient (Wildman–Crippen LogP) is 0.323. The Morgan fingerprint density at radius 2 is 2.40 bits per heavy atom. The largest absolute Gasteiger partial charge is 0.328 e. The van der Waals surface area contributed by atoms with Gasteiger partial charge in [-0.3, -0.25) is 4.79 Å². The number of allylic oxidation sites excluding steroid dienone is 2. The third kappa shape index (κ3) is 3.54. The Labute approximate surface area is 59.3 Å². The van der Waals surface area contributed by atoms with Gasteiger partial charge in [-0.15, -0.1) is 0 Å². The van der Waals surface area contributed by atoms with Gasteiger partial charge in [0.15, 0.2) is 0 Å². The fourth-order valence-corrected chi connectivity index (χ4v) is 0.366. The molecule has 0 aliphatic carbocycles. The second kappa shape index (κ2) is 5.68. The highest BCUT2D eigenvalue weighted by atomic mass is 16.1. The minimum Gasteiger partial charge on any atom is -0.328 e. The van der Waals surface area contributed by atoms with E-state index in [2.05, 4.69) is 22.2 Å². The van der Waals surface area contributed by atoms with Crippen molar-refractivity contribution in [3.63, 3.8) is 0 Å². The monoisotopic (exact) mass is 139 g/mol. The number of nitrogens with one attached hydrogen (secondary N) is 1. The number of hydrogen-bond donors (Lipinski definition) is 1. The predicted molar refractivity (Wildman–Crippen MR) is 41.0 cm³/mol. The summed E-state index contributed by atoms with van der Waals surface area (Å²) in [4.78, 5) is 9.88. The lowest BCUT2D eigenvalue weighted by molar-refractivity contribution is -0.108. The molecule has 1 N–H and O–H groups in total. The molecule has 0 radical (unpaired) electrons. The third-order valence-corrected chi connectivity index (χ3v) is 0.815. The van der Waals surface area contributed by atoms with Crippen molar-refractivity contribution in [3.8, 4) is 0 Å². The van der Waals surface area contributed by atoms with E-state index in [1.54, 1.807) is 13.0 Å². The second-order valence-electron chi connectivity index (χ2n) is 1.39. The molecule has 4 heteroatoms. The smallest absolute Gasteiger partial charge is 0.211 e. The van der Waals surface area contributed by atoms with Crippen LogP contribution in [0.4, 0.5) is 0 Å². The number of rotatable bonds is 4. The van der Waals surface area contributed by atoms with Crippen molar-refractivity contribution in [2.24, 2.45) is 10.2 Å². The molecule has 4 nitrogen and oxygen atoms in total. The van der Waals surface area contributed by atoms with Crippen molar-refractivity contribution in [2.45, 2.75) is 6.92 Å². The first-order valence-corrected chi connectivity index (χ1v) is 2.70. The van der Waals surface area contributed by atoms with E-state index in [0.717, 1.165) is 0 Å². The van der Waals surface area contributed by atoms with Crippen molar-refractivity contribution < 1.29 is 4.79 Å². The standard InChI is InChI=1S/C6H9N3O/c1-3-6(8-5-10)4-9-7-2/h3-5H,2H2,1H3,(H,8,10)/b6-3+,9-4-. The second-order valence-corrected chi connectivity index (χ2v) is 1.39. The lowest BCUT2D eigenvalue weighted by Gasteiger charge is -1.92. The first-order valence-electron chi connectivity index (χ1n) is 2.70. The van der Waals surface area contributed by atoms with Crippen molar-refractivity contribution in [2.75, 3.05) is 0 Å². The van der Waals surface area contributed by atoms with E-state index in [0.29, 0.717) is 12.1 Å². The summed E-state index contributed by atoms with van der Waals surface area (Å²) in [7, 11) is 0. The van der Waals surface area contributed by atoms with Crippen LogP contribution in [0.3, 0.4) is 0 Å². The lowest BCUT2D eigenvalue weighted by Crippen LogP contribution is -2.10. The van der Waals surface area contributed by atoms with Crippen LogP contribution in [0.5, 0.6) is 0 Å². The Hall–Kier alpha value is -1.45. The van der Waals surface area contributed by atoms with Crippen LogP contribution in [0.25, 0.3) is 0 Å². The molecule has 0 saturated carbocycles. The number of amides is 1. The maximum atomic E-state index is 9.88. The molecule has 0 spiro atoms. The molecule has 0 saturated heterocycles. The normalized spacial score (nSPS) is 11.5. The molecule has 0 aromatic carbocycles. The fraction of sp³-hybridized carbons (Fsp3) is 0.167. The van der Waals surface area contributed by atoms with E-state index in [9.17, 15) is 4.79 Å². The maximum absolute atomic E-state index is 9.88. The van der Waals surface area contributed by atoms with Gasteiger partial charge in [0, 0.05) is 6.72 Å². The Bertz CT molecular complexity index is 172. The van der Waals surface area contributed by atoms with Crippen LogP contribution in [-0.2, 0) is 4.79 Å². The maximum Gasteiger partial charge on any atom is 0.211 e. The minimum absolute atomic E-state index is 0.574. The molecule has 0 bridgehead atoms. The molecule has 0 rings (SSSR count). The van der Waals surface area contributed by atoms with Crippen LogP contribution in [0, 0.1) is 0 Å². The third-order valence-electron chi connectivity index (χ3n) is 0.815. The Balaban J connectivity index is 3.95. The first kappa shape index (κ1) is 8.55. The van der Waals surface area contributed by atoms with Crippen LogP contribution in [-0.4, -0.2) is 19.3 Å². The van der Waals surface area contributed by atoms with Gasteiger partial charge >= 0.3 is 0 Å². The Kier molecular flexibility index (Phi) is 4.86. The van der Waals surface area contributed by atoms with Gasteiger partial charge in [-0.2, -0.15) is 10.2 Å². The van der Waals surface area contributed by atoms with E-state index >= 15 is 0 Å². The molecule has 0 aromatic heterocycles. The summed E-state index contributed by atoms with van der Waals surface area (Å²) in [6.45, 7) is 4.91. The highest BCUT2D eigenvalue weighted by molar-refractivity contribution is 5.81. The van der Waals surface area contributed by atoms with Crippen LogP contribution in [0.1, 0.15) is 6.92 Å². The van der Waals surface area contributed by atoms with Gasteiger partial charge in [0.25, 0.3) is 0 Å². The van der Waals surface area contributed by atoms with Gasteiger partial charge in [0.05, 0.1) is 11.9 Å². The molecule has 10 heavy (non-hydrogen) atoms. The summed E-state index contributed by atoms with van der Waals surface area (Å²) in [5.74, 6) is 0. The van der Waals surface area contributed by atoms with Crippen molar-refractivity contribution in [1.29, 1.82) is 0 Å². The van der Waals surface area contributed by atoms with Crippen LogP contribution >= 0.6 is 0 Å². The SMILES string of the molecule is C=N/N=C\C(=C/C)NC=O. The molecular formula is C6H9N3O. The van der Waals surface area contributed by atoms with E-state index in [1.807, 2.05) is 0 Å². The first-order chi connectivity index (χ1) is 4.85. The molecule has 1 amide bonds. The van der Waals surface area contributed by atoms with Crippen molar-refractivity contribution >= 4 is 19.3 Å². The van der Waals surface area contributed by atoms with Crippen molar-refractivity contribution in [3.05, 3.63) is 11.8 Å². The molecule has 0 atom stereocenters. The highest BCUT2D eigenvalue weighted by Gasteiger charge is 1.84. The molecule has 0 aromatic rings. The minimum atomic E-state index is 0.574. The van der Waals surface area contributed by atoms with Crippen LogP contribution in [0.2, 0.25) is 0 Å². The Morgan fingerprint density at radius 3 is 2.80 bits per heavy atom. The summed E-state index contributed by atoms with van der Waals surface area (Å²) in [5.41, 5.74) is 0.599. The highest BCUT2D eigenvalue weighted by Crippen LogP contribution is 1.81. The van der Waals surface area contributed by atoms with E-state index in [4.69, 9.17) is 0 Å². The number of carbonyl (C=O) groups is 1. The van der Waals surface area contributed by atoms with Gasteiger partial charge in [0.1, 0.15) is 0 Å². The topological polar surface area (TPSA) is 53.8 Å². The van der Waals surface area contributed by atoms with Crippen LogP contribution < -0.4 is 5.32 Å². The van der Waals surface area contributed by atoms with Gasteiger partial charge in [-0.05, 0) is 6.92 Å². The van der Waals surface area contributed by atoms with E-state index in [-0.39, 0.29) is 0 Å². The van der Waals surface area contributed by atoms with E-state index < -0.39 is 0 Å². The van der Waals surface area contributed by atoms with Crippen LogP contribution in [0.15, 0.2) is 22.0 Å². The molecule has 0 fully saturated rings. The summed E-state index contributed by atoms with van der Waals surface area (Å²) >= 11 is 0. The summed E-state index contributed by atoms with van der Waals surface area (Å²) in [5, 5.41) is 9.10. The van der Waals surface area contributed by atoms with Gasteiger partial charge in [0.2, 0.25) is 6.41 Å². The summed E-state index contributed by atoms with van der Waals surface area (Å²) < 4.78 is 0. The molecule has 0 unspecified atom stereocenters. The van der Waals surface area contributed by atoms with Crippen molar-refractivity contribution in [1.82, 2.24) is 5.32 Å². The van der Waals surface area contributed by atoms with E-state index in [1.165, 1.54) is 6.21 Å². The van der Waals surface area contributed by atoms with Gasteiger partial charge in [-0.1, -0.05) is 6.08 Å². The zero-order chi connectivity index (χ0) is 7.82. The number of hydrogen-bond acceptors (Lipinski definition) is 3. The summed E-state index contributed by atoms with van der Waals surface area (Å²) in [6, 6.07) is 0. The average Bonchev–Trinajstić information content (AvgIpc) is 1.98. The quantitative estimate of drug-likeness (QED) is 0.340. The van der Waals surface area contributed by atoms with Gasteiger partial charge in [-0.25, -0.2) is 0 Å². The zero-order valence-electron chi connectivity index (χ0n) is 5.74. The summed E-state index contributed by atoms with van der Waals surface area (Å²) in [6.07, 6.45) is 3.68. The molecule has 0 heterocycles. The lowest BCUT2D eigenvalue weighted by atomic mass is 10.4. The molecular weight excluding hydrogens is 130 g/mol.